The van der Waals surface area contributed by atoms with Crippen LogP contribution in [0.15, 0.2) is 18.2 Å². The number of hydrogen-bond donors (Lipinski definition) is 1. The molecule has 1 atom stereocenters. The maximum absolute atomic E-state index is 5.93. The highest BCUT2D eigenvalue weighted by molar-refractivity contribution is 5.30. The van der Waals surface area contributed by atoms with E-state index in [-0.39, 0.29) is 6.04 Å². The summed E-state index contributed by atoms with van der Waals surface area (Å²) in [5, 5.41) is 0. The maximum Gasteiger partial charge on any atom is 0.0292 e. The molecule has 0 spiro atoms. The van der Waals surface area contributed by atoms with Gasteiger partial charge in [-0.3, -0.25) is 0 Å². The van der Waals surface area contributed by atoms with Crippen molar-refractivity contribution in [3.05, 3.63) is 34.9 Å². The van der Waals surface area contributed by atoms with Crippen LogP contribution in [0, 0.1) is 13.8 Å². The Balaban J connectivity index is 3.00. The molecule has 0 aliphatic rings. The van der Waals surface area contributed by atoms with Crippen molar-refractivity contribution in [2.24, 2.45) is 5.73 Å². The number of rotatable bonds is 2. The van der Waals surface area contributed by atoms with E-state index in [9.17, 15) is 0 Å². The van der Waals surface area contributed by atoms with Crippen molar-refractivity contribution >= 4 is 0 Å². The SMILES string of the molecule is CCC(N)c1cc(C)cc(C)c1. The van der Waals surface area contributed by atoms with Crippen molar-refractivity contribution < 1.29 is 0 Å². The third-order valence-corrected chi connectivity index (χ3v) is 2.11. The van der Waals surface area contributed by atoms with Crippen LogP contribution in [0.2, 0.25) is 0 Å². The Labute approximate surface area is 74.6 Å². The van der Waals surface area contributed by atoms with Gasteiger partial charge in [-0.15, -0.1) is 0 Å². The first-order valence-corrected chi connectivity index (χ1v) is 4.47. The molecule has 1 aromatic rings. The fourth-order valence-electron chi connectivity index (χ4n) is 1.46. The summed E-state index contributed by atoms with van der Waals surface area (Å²) < 4.78 is 0. The van der Waals surface area contributed by atoms with Gasteiger partial charge in [0.25, 0.3) is 0 Å². The van der Waals surface area contributed by atoms with Crippen LogP contribution in [0.5, 0.6) is 0 Å². The lowest BCUT2D eigenvalue weighted by molar-refractivity contribution is 0.697. The third-order valence-electron chi connectivity index (χ3n) is 2.11. The molecule has 1 nitrogen and oxygen atoms in total. The maximum atomic E-state index is 5.93. The average molecular weight is 163 g/mol. The first kappa shape index (κ1) is 9.27. The smallest absolute Gasteiger partial charge is 0.0292 e. The second kappa shape index (κ2) is 3.72. The van der Waals surface area contributed by atoms with Crippen molar-refractivity contribution in [2.75, 3.05) is 0 Å². The second-order valence-electron chi connectivity index (χ2n) is 3.44. The second-order valence-corrected chi connectivity index (χ2v) is 3.44. The predicted molar refractivity (Wildman–Crippen MR) is 53.1 cm³/mol. The molecule has 1 aromatic carbocycles. The number of aryl methyl sites for hydroxylation is 2. The topological polar surface area (TPSA) is 26.0 Å². The highest BCUT2D eigenvalue weighted by Gasteiger charge is 2.03. The van der Waals surface area contributed by atoms with Crippen LogP contribution in [0.25, 0.3) is 0 Å². The lowest BCUT2D eigenvalue weighted by Crippen LogP contribution is -2.08. The molecule has 0 fully saturated rings. The first-order valence-electron chi connectivity index (χ1n) is 4.47. The lowest BCUT2D eigenvalue weighted by Gasteiger charge is -2.10. The van der Waals surface area contributed by atoms with E-state index in [1.165, 1.54) is 16.7 Å². The molecule has 12 heavy (non-hydrogen) atoms. The minimum Gasteiger partial charge on any atom is -0.324 e. The molecule has 0 saturated heterocycles. The number of nitrogens with two attached hydrogens (primary N) is 1. The molecular formula is C11H17N. The van der Waals surface area contributed by atoms with Gasteiger partial charge in [0.05, 0.1) is 0 Å². The van der Waals surface area contributed by atoms with E-state index >= 15 is 0 Å². The first-order chi connectivity index (χ1) is 5.63. The Morgan fingerprint density at radius 2 is 1.67 bits per heavy atom. The Hall–Kier alpha value is -0.820. The summed E-state index contributed by atoms with van der Waals surface area (Å²) in [6, 6.07) is 6.71. The molecule has 1 unspecified atom stereocenters. The van der Waals surface area contributed by atoms with Crippen LogP contribution in [0.4, 0.5) is 0 Å². The Morgan fingerprint density at radius 3 is 2.08 bits per heavy atom. The van der Waals surface area contributed by atoms with Crippen LogP contribution >= 0.6 is 0 Å². The molecule has 1 rings (SSSR count). The van der Waals surface area contributed by atoms with Crippen LogP contribution in [-0.2, 0) is 0 Å². The van der Waals surface area contributed by atoms with Gasteiger partial charge in [-0.2, -0.15) is 0 Å². The van der Waals surface area contributed by atoms with E-state index in [4.69, 9.17) is 5.73 Å². The van der Waals surface area contributed by atoms with Crippen LogP contribution in [-0.4, -0.2) is 0 Å². The summed E-state index contributed by atoms with van der Waals surface area (Å²) in [5.41, 5.74) is 9.79. The van der Waals surface area contributed by atoms with Crippen LogP contribution < -0.4 is 5.73 Å². The molecule has 0 aliphatic carbocycles. The molecule has 2 N–H and O–H groups in total. The number of benzene rings is 1. The van der Waals surface area contributed by atoms with Gasteiger partial charge in [0.15, 0.2) is 0 Å². The van der Waals surface area contributed by atoms with E-state index in [1.807, 2.05) is 0 Å². The average Bonchev–Trinajstić information content (AvgIpc) is 2.01. The molecule has 0 heterocycles. The van der Waals surface area contributed by atoms with E-state index in [2.05, 4.69) is 39.0 Å². The Kier molecular flexibility index (Phi) is 2.88. The summed E-state index contributed by atoms with van der Waals surface area (Å²) in [5.74, 6) is 0. The van der Waals surface area contributed by atoms with Gasteiger partial charge in [0.2, 0.25) is 0 Å². The highest BCUT2D eigenvalue weighted by atomic mass is 14.6. The summed E-state index contributed by atoms with van der Waals surface area (Å²) in [4.78, 5) is 0. The van der Waals surface area contributed by atoms with Crippen molar-refractivity contribution in [1.82, 2.24) is 0 Å². The lowest BCUT2D eigenvalue weighted by atomic mass is 10.0. The molecule has 0 aromatic heterocycles. The zero-order valence-corrected chi connectivity index (χ0v) is 8.09. The third kappa shape index (κ3) is 2.08. The van der Waals surface area contributed by atoms with Gasteiger partial charge in [0.1, 0.15) is 0 Å². The van der Waals surface area contributed by atoms with E-state index in [1.54, 1.807) is 0 Å². The fourth-order valence-corrected chi connectivity index (χ4v) is 1.46. The summed E-state index contributed by atoms with van der Waals surface area (Å²) in [7, 11) is 0. The van der Waals surface area contributed by atoms with Gasteiger partial charge < -0.3 is 5.73 Å². The Bertz CT molecular complexity index is 245. The van der Waals surface area contributed by atoms with Crippen LogP contribution in [0.1, 0.15) is 36.1 Å². The summed E-state index contributed by atoms with van der Waals surface area (Å²) >= 11 is 0. The molecule has 0 amide bonds. The van der Waals surface area contributed by atoms with Gasteiger partial charge in [-0.1, -0.05) is 36.2 Å². The molecular weight excluding hydrogens is 146 g/mol. The minimum atomic E-state index is 0.198. The van der Waals surface area contributed by atoms with E-state index in [0.29, 0.717) is 0 Å². The number of hydrogen-bond acceptors (Lipinski definition) is 1. The van der Waals surface area contributed by atoms with Crippen molar-refractivity contribution in [3.8, 4) is 0 Å². The van der Waals surface area contributed by atoms with Gasteiger partial charge in [-0.05, 0) is 25.8 Å². The zero-order chi connectivity index (χ0) is 9.14. The molecule has 0 bridgehead atoms. The van der Waals surface area contributed by atoms with Gasteiger partial charge >= 0.3 is 0 Å². The van der Waals surface area contributed by atoms with Gasteiger partial charge in [0, 0.05) is 6.04 Å². The van der Waals surface area contributed by atoms with E-state index in [0.717, 1.165) is 6.42 Å². The minimum absolute atomic E-state index is 0.198. The molecule has 0 saturated carbocycles. The van der Waals surface area contributed by atoms with Crippen LogP contribution in [0.3, 0.4) is 0 Å². The largest absolute Gasteiger partial charge is 0.324 e. The van der Waals surface area contributed by atoms with E-state index < -0.39 is 0 Å². The monoisotopic (exact) mass is 163 g/mol. The van der Waals surface area contributed by atoms with Crippen molar-refractivity contribution in [1.29, 1.82) is 0 Å². The van der Waals surface area contributed by atoms with Gasteiger partial charge in [-0.25, -0.2) is 0 Å². The normalized spacial score (nSPS) is 13.0. The summed E-state index contributed by atoms with van der Waals surface area (Å²) in [6.07, 6.45) is 1.00. The molecule has 0 aliphatic heterocycles. The quantitative estimate of drug-likeness (QED) is 0.712. The fraction of sp³-hybridized carbons (Fsp3) is 0.455. The predicted octanol–water partition coefficient (Wildman–Crippen LogP) is 2.71. The Morgan fingerprint density at radius 1 is 1.17 bits per heavy atom. The zero-order valence-electron chi connectivity index (χ0n) is 8.09. The molecule has 1 heteroatoms. The molecule has 66 valence electrons. The summed E-state index contributed by atoms with van der Waals surface area (Å²) in [6.45, 7) is 6.33. The van der Waals surface area contributed by atoms with Crippen molar-refractivity contribution in [2.45, 2.75) is 33.2 Å². The molecule has 0 radical (unpaired) electrons. The standard InChI is InChI=1S/C11H17N/c1-4-11(12)10-6-8(2)5-9(3)7-10/h5-7,11H,4,12H2,1-3H3. The van der Waals surface area contributed by atoms with Crippen molar-refractivity contribution in [3.63, 3.8) is 0 Å². The highest BCUT2D eigenvalue weighted by Crippen LogP contribution is 2.16.